The number of piperazine rings is 1. The summed E-state index contributed by atoms with van der Waals surface area (Å²) in [6.07, 6.45) is -0.238. The molecule has 0 aliphatic carbocycles. The topological polar surface area (TPSA) is 45.0 Å². The second-order valence-corrected chi connectivity index (χ2v) is 7.58. The van der Waals surface area contributed by atoms with E-state index in [1.54, 1.807) is 4.31 Å². The summed E-state index contributed by atoms with van der Waals surface area (Å²) in [5, 5.41) is 7.31. The Morgan fingerprint density at radius 3 is 2.48 bits per heavy atom. The van der Waals surface area contributed by atoms with Gasteiger partial charge in [-0.2, -0.15) is 0 Å². The normalized spacial score (nSPS) is 19.6. The molecule has 3 heterocycles. The summed E-state index contributed by atoms with van der Waals surface area (Å²) in [7, 11) is 2.03. The van der Waals surface area contributed by atoms with E-state index in [4.69, 9.17) is 17.8 Å². The maximum absolute atomic E-state index is 5.62. The molecule has 1 N–H and O–H groups in total. The van der Waals surface area contributed by atoms with Gasteiger partial charge in [-0.25, -0.2) is 0 Å². The fraction of sp³-hybridized carbons (Fsp3) is 0.318. The Balaban J connectivity index is 0.000000297. The molecule has 29 heavy (non-hydrogen) atoms. The summed E-state index contributed by atoms with van der Waals surface area (Å²) in [4.78, 5) is 7.01. The Morgan fingerprint density at radius 1 is 1.10 bits per heavy atom. The second-order valence-electron chi connectivity index (χ2n) is 7.19. The first-order valence-electron chi connectivity index (χ1n) is 9.59. The first-order chi connectivity index (χ1) is 13.6. The molecule has 2 aromatic rings. The number of hydrogen-bond acceptors (Lipinski definition) is 5. The van der Waals surface area contributed by atoms with Crippen LogP contribution in [-0.4, -0.2) is 45.1 Å². The molecule has 0 radical (unpaired) electrons. The van der Waals surface area contributed by atoms with Gasteiger partial charge in [-0.3, -0.25) is 4.99 Å². The average molecular weight is 575 g/mol. The molecule has 0 amide bonds. The van der Waals surface area contributed by atoms with E-state index in [9.17, 15) is 0 Å². The molecule has 1 fully saturated rings. The van der Waals surface area contributed by atoms with Crippen LogP contribution < -0.4 is 14.5 Å². The number of nitrogens with one attached hydrogen (secondary N) is 1. The van der Waals surface area contributed by atoms with Crippen LogP contribution in [0.2, 0.25) is 0 Å². The number of likely N-dealkylation sites (N-methyl/N-ethyl adjacent to an activating group) is 1. The smallest absolute Gasteiger partial charge is 0.664 e. The van der Waals surface area contributed by atoms with Gasteiger partial charge in [0.1, 0.15) is 6.17 Å². The molecule has 2 aromatic carbocycles. The number of hydrogen-bond donors (Lipinski definition) is 1. The number of nitrogens with zero attached hydrogens (tertiary/aromatic N) is 4. The van der Waals surface area contributed by atoms with Crippen molar-refractivity contribution in [1.82, 2.24) is 5.32 Å². The van der Waals surface area contributed by atoms with Gasteiger partial charge in [0, 0.05) is 23.9 Å². The quantitative estimate of drug-likeness (QED) is 0.490. The minimum atomic E-state index is -0.238. The van der Waals surface area contributed by atoms with Crippen molar-refractivity contribution in [2.24, 2.45) is 4.99 Å². The molecule has 3 aliphatic heterocycles. The van der Waals surface area contributed by atoms with E-state index in [0.717, 1.165) is 60.1 Å². The van der Waals surface area contributed by atoms with E-state index in [-0.39, 0.29) is 27.2 Å². The standard InChI is InChI=1S/C18H16N3S.C4H9N2.W/c1-11-8-9-15-14(10-11)17-13-6-4-5-7-16(13)21(22)18(19-17)12(2)20(15)3;1-2-6-4-3-5-1;/h4-10,18H,2H2,1,3H3;5H,1-4H2;/q2*-1;+2. The molecular weight excluding hydrogens is 550 g/mol. The molecule has 150 valence electrons. The van der Waals surface area contributed by atoms with Gasteiger partial charge in [0.05, 0.1) is 17.1 Å². The average Bonchev–Trinajstić information content (AvgIpc) is 2.83. The summed E-state index contributed by atoms with van der Waals surface area (Å²) in [5.74, 6) is 0. The van der Waals surface area contributed by atoms with Crippen molar-refractivity contribution in [2.75, 3.05) is 42.4 Å². The Hall–Kier alpha value is -1.59. The van der Waals surface area contributed by atoms with Crippen LogP contribution in [0, 0.1) is 6.92 Å². The van der Waals surface area contributed by atoms with Gasteiger partial charge in [-0.05, 0) is 38.2 Å². The molecule has 2 bridgehead atoms. The van der Waals surface area contributed by atoms with Crippen LogP contribution in [0.5, 0.6) is 0 Å². The molecular formula is C22H25N5SW. The van der Waals surface area contributed by atoms with Crippen molar-refractivity contribution < 1.29 is 21.1 Å². The minimum absolute atomic E-state index is 0. The summed E-state index contributed by atoms with van der Waals surface area (Å²) in [5.41, 5.74) is 7.49. The third-order valence-corrected chi connectivity index (χ3v) is 5.66. The van der Waals surface area contributed by atoms with Crippen LogP contribution in [0.25, 0.3) is 5.32 Å². The monoisotopic (exact) mass is 575 g/mol. The maximum Gasteiger partial charge on any atom is 2.00 e. The summed E-state index contributed by atoms with van der Waals surface area (Å²) in [6.45, 7) is 10.5. The Morgan fingerprint density at radius 2 is 1.83 bits per heavy atom. The van der Waals surface area contributed by atoms with Crippen molar-refractivity contribution >= 4 is 29.9 Å². The Kier molecular flexibility index (Phi) is 7.22. The van der Waals surface area contributed by atoms with Crippen LogP contribution in [0.1, 0.15) is 16.7 Å². The Labute approximate surface area is 193 Å². The van der Waals surface area contributed by atoms with Crippen LogP contribution in [0.4, 0.5) is 11.4 Å². The molecule has 5 nitrogen and oxygen atoms in total. The zero-order valence-corrected chi connectivity index (χ0v) is 20.5. The number of rotatable bonds is 0. The largest absolute Gasteiger partial charge is 2.00 e. The summed E-state index contributed by atoms with van der Waals surface area (Å²) >= 11 is 5.62. The van der Waals surface area contributed by atoms with Crippen LogP contribution in [-0.2, 0) is 33.9 Å². The van der Waals surface area contributed by atoms with Crippen molar-refractivity contribution in [2.45, 2.75) is 13.1 Å². The van der Waals surface area contributed by atoms with E-state index in [0.29, 0.717) is 0 Å². The number of para-hydroxylation sites is 1. The van der Waals surface area contributed by atoms with Gasteiger partial charge >= 0.3 is 21.1 Å². The molecule has 5 rings (SSSR count). The summed E-state index contributed by atoms with van der Waals surface area (Å²) < 4.78 is 1.79. The molecule has 1 atom stereocenters. The van der Waals surface area contributed by atoms with Gasteiger partial charge in [-0.15, -0.1) is 13.1 Å². The number of fused-ring (bicyclic) bond motifs is 5. The minimum Gasteiger partial charge on any atom is -0.664 e. The van der Waals surface area contributed by atoms with Crippen molar-refractivity contribution in [1.29, 1.82) is 0 Å². The molecule has 7 heteroatoms. The predicted molar refractivity (Wildman–Crippen MR) is 120 cm³/mol. The zero-order chi connectivity index (χ0) is 19.7. The molecule has 3 aliphatic rings. The van der Waals surface area contributed by atoms with E-state index >= 15 is 0 Å². The van der Waals surface area contributed by atoms with Gasteiger partial charge in [0.25, 0.3) is 0 Å². The van der Waals surface area contributed by atoms with E-state index < -0.39 is 0 Å². The first kappa shape index (κ1) is 22.1. The van der Waals surface area contributed by atoms with Crippen LogP contribution >= 0.6 is 0 Å². The van der Waals surface area contributed by atoms with Crippen molar-refractivity contribution in [3.63, 3.8) is 0 Å². The first-order valence-corrected chi connectivity index (χ1v) is 9.95. The van der Waals surface area contributed by atoms with Crippen molar-refractivity contribution in [3.8, 4) is 0 Å². The number of anilines is 2. The van der Waals surface area contributed by atoms with Gasteiger partial charge in [0.2, 0.25) is 0 Å². The molecule has 0 aromatic heterocycles. The fourth-order valence-electron chi connectivity index (χ4n) is 3.68. The van der Waals surface area contributed by atoms with E-state index in [1.807, 2.05) is 19.2 Å². The number of aryl methyl sites for hydroxylation is 1. The SMILES string of the molecule is C1CNCC[N-]1.C=C1C2N=C(c3cc(C)ccc3N1C)c1ccccc1N2[S-].[W+2]. The third-order valence-electron chi connectivity index (χ3n) is 5.26. The second kappa shape index (κ2) is 9.48. The Bertz CT molecular complexity index is 914. The molecule has 0 spiro atoms. The molecule has 1 saturated heterocycles. The van der Waals surface area contributed by atoms with Gasteiger partial charge in [-0.1, -0.05) is 36.4 Å². The van der Waals surface area contributed by atoms with E-state index in [1.165, 1.54) is 5.56 Å². The molecule has 0 saturated carbocycles. The third kappa shape index (κ3) is 4.31. The molecule has 1 unspecified atom stereocenters. The fourth-order valence-corrected chi connectivity index (χ4v) is 4.01. The zero-order valence-electron chi connectivity index (χ0n) is 16.8. The van der Waals surface area contributed by atoms with Gasteiger partial charge in [0.15, 0.2) is 0 Å². The number of aliphatic imine (C=N–C) groups is 1. The maximum atomic E-state index is 5.62. The van der Waals surface area contributed by atoms with E-state index in [2.05, 4.69) is 59.4 Å². The van der Waals surface area contributed by atoms with Crippen molar-refractivity contribution in [3.05, 3.63) is 76.7 Å². The van der Waals surface area contributed by atoms with Gasteiger partial charge < -0.3 is 32.7 Å². The van der Waals surface area contributed by atoms with Crippen LogP contribution in [0.15, 0.2) is 59.7 Å². The predicted octanol–water partition coefficient (Wildman–Crippen LogP) is 3.36. The van der Waals surface area contributed by atoms with Crippen LogP contribution in [0.3, 0.4) is 0 Å². The summed E-state index contributed by atoms with van der Waals surface area (Å²) in [6, 6.07) is 14.6. The number of benzene rings is 2.